The third-order valence-electron chi connectivity index (χ3n) is 4.96. The average Bonchev–Trinajstić information content (AvgIpc) is 3.15. The lowest BCUT2D eigenvalue weighted by molar-refractivity contribution is -0.117. The van der Waals surface area contributed by atoms with E-state index in [1.165, 1.54) is 0 Å². The summed E-state index contributed by atoms with van der Waals surface area (Å²) < 4.78 is 3.65. The molecular formula is C17H21N5O2. The molecule has 0 aromatic carbocycles. The van der Waals surface area contributed by atoms with E-state index in [-0.39, 0.29) is 11.5 Å². The van der Waals surface area contributed by atoms with Crippen LogP contribution in [0.2, 0.25) is 0 Å². The topological polar surface area (TPSA) is 63.4 Å². The molecule has 2 aliphatic rings. The number of hydrogen-bond acceptors (Lipinski definition) is 4. The van der Waals surface area contributed by atoms with Crippen molar-refractivity contribution in [1.29, 1.82) is 0 Å². The average molecular weight is 327 g/mol. The number of hydrogen-bond donors (Lipinski definition) is 0. The van der Waals surface area contributed by atoms with Crippen molar-refractivity contribution in [3.63, 3.8) is 0 Å². The smallest absolute Gasteiger partial charge is 0.250 e. The second kappa shape index (κ2) is 5.90. The van der Waals surface area contributed by atoms with Gasteiger partial charge in [0.25, 0.3) is 0 Å². The number of aromatic nitrogens is 3. The maximum Gasteiger partial charge on any atom is 0.250 e. The van der Waals surface area contributed by atoms with Crippen molar-refractivity contribution in [2.75, 3.05) is 24.5 Å². The molecule has 2 aromatic rings. The molecule has 7 nitrogen and oxygen atoms in total. The van der Waals surface area contributed by atoms with Gasteiger partial charge in [-0.15, -0.1) is 0 Å². The molecular weight excluding hydrogens is 306 g/mol. The van der Waals surface area contributed by atoms with Crippen LogP contribution >= 0.6 is 0 Å². The molecule has 2 saturated heterocycles. The van der Waals surface area contributed by atoms with Gasteiger partial charge in [0.2, 0.25) is 11.5 Å². The van der Waals surface area contributed by atoms with Gasteiger partial charge >= 0.3 is 0 Å². The summed E-state index contributed by atoms with van der Waals surface area (Å²) in [5.41, 5.74) is 1.95. The van der Waals surface area contributed by atoms with Crippen LogP contribution in [0.4, 0.5) is 5.69 Å². The molecule has 4 heterocycles. The monoisotopic (exact) mass is 327 g/mol. The van der Waals surface area contributed by atoms with Crippen LogP contribution in [-0.4, -0.2) is 44.8 Å². The van der Waals surface area contributed by atoms with E-state index in [0.29, 0.717) is 12.5 Å². The minimum atomic E-state index is 0.0246. The van der Waals surface area contributed by atoms with Crippen LogP contribution in [0.25, 0.3) is 0 Å². The Morgan fingerprint density at radius 1 is 1.25 bits per heavy atom. The molecule has 2 fully saturated rings. The van der Waals surface area contributed by atoms with Gasteiger partial charge in [-0.25, -0.2) is 0 Å². The van der Waals surface area contributed by atoms with Gasteiger partial charge in [0.15, 0.2) is 0 Å². The van der Waals surface area contributed by atoms with Crippen molar-refractivity contribution in [2.45, 2.75) is 25.4 Å². The third-order valence-corrected chi connectivity index (χ3v) is 4.96. The van der Waals surface area contributed by atoms with E-state index in [2.05, 4.69) is 10.00 Å². The van der Waals surface area contributed by atoms with Crippen LogP contribution in [-0.2, 0) is 18.4 Å². The van der Waals surface area contributed by atoms with Crippen LogP contribution in [0.3, 0.4) is 0 Å². The van der Waals surface area contributed by atoms with E-state index in [1.807, 2.05) is 35.0 Å². The minimum absolute atomic E-state index is 0.0246. The predicted octanol–water partition coefficient (Wildman–Crippen LogP) is 0.765. The van der Waals surface area contributed by atoms with Gasteiger partial charge in [-0.2, -0.15) is 5.10 Å². The minimum Gasteiger partial charge on any atom is -0.314 e. The molecule has 0 bridgehead atoms. The molecule has 0 saturated carbocycles. The van der Waals surface area contributed by atoms with Crippen LogP contribution in [0.1, 0.15) is 24.6 Å². The molecule has 0 aliphatic carbocycles. The molecule has 1 amide bonds. The van der Waals surface area contributed by atoms with E-state index >= 15 is 0 Å². The Hall–Kier alpha value is -2.41. The summed E-state index contributed by atoms with van der Waals surface area (Å²) in [6, 6.07) is 5.70. The van der Waals surface area contributed by atoms with E-state index < -0.39 is 0 Å². The summed E-state index contributed by atoms with van der Waals surface area (Å²) in [5, 5.41) is 4.43. The van der Waals surface area contributed by atoms with Crippen molar-refractivity contribution in [1.82, 2.24) is 19.2 Å². The van der Waals surface area contributed by atoms with Crippen molar-refractivity contribution >= 4 is 11.6 Å². The Labute approximate surface area is 140 Å². The predicted molar refractivity (Wildman–Crippen MR) is 89.8 cm³/mol. The van der Waals surface area contributed by atoms with E-state index in [1.54, 1.807) is 16.8 Å². The molecule has 2 aromatic heterocycles. The zero-order chi connectivity index (χ0) is 16.7. The van der Waals surface area contributed by atoms with Crippen molar-refractivity contribution in [3.8, 4) is 0 Å². The van der Waals surface area contributed by atoms with Crippen LogP contribution < -0.4 is 10.5 Å². The molecule has 0 spiro atoms. The Bertz CT molecular complexity index is 818. The summed E-state index contributed by atoms with van der Waals surface area (Å²) in [6.45, 7) is 3.36. The molecule has 7 heteroatoms. The van der Waals surface area contributed by atoms with E-state index in [0.717, 1.165) is 44.0 Å². The molecule has 0 unspecified atom stereocenters. The highest BCUT2D eigenvalue weighted by atomic mass is 16.2. The lowest BCUT2D eigenvalue weighted by Crippen LogP contribution is -2.47. The number of pyridine rings is 1. The second-order valence-electron chi connectivity index (χ2n) is 6.59. The van der Waals surface area contributed by atoms with Gasteiger partial charge in [-0.05, 0) is 12.5 Å². The number of likely N-dealkylation sites (tertiary alicyclic amines) is 1. The fraction of sp³-hybridized carbons (Fsp3) is 0.471. The molecule has 0 radical (unpaired) electrons. The zero-order valence-electron chi connectivity index (χ0n) is 13.8. The number of amides is 1. The molecule has 24 heavy (non-hydrogen) atoms. The summed E-state index contributed by atoms with van der Waals surface area (Å²) >= 11 is 0. The van der Waals surface area contributed by atoms with Crippen LogP contribution in [0.15, 0.2) is 35.4 Å². The Morgan fingerprint density at radius 3 is 2.83 bits per heavy atom. The fourth-order valence-electron chi connectivity index (χ4n) is 3.42. The maximum atomic E-state index is 11.8. The summed E-state index contributed by atoms with van der Waals surface area (Å²) in [6.07, 6.45) is 5.32. The Morgan fingerprint density at radius 2 is 2.08 bits per heavy atom. The number of carbonyl (C=O) groups excluding carboxylic acids is 1. The fourth-order valence-corrected chi connectivity index (χ4v) is 3.42. The lowest BCUT2D eigenvalue weighted by atomic mass is 10.1. The lowest BCUT2D eigenvalue weighted by Gasteiger charge is -2.39. The van der Waals surface area contributed by atoms with Crippen molar-refractivity contribution in [2.24, 2.45) is 7.05 Å². The van der Waals surface area contributed by atoms with Crippen molar-refractivity contribution in [3.05, 3.63) is 46.6 Å². The van der Waals surface area contributed by atoms with Crippen molar-refractivity contribution < 1.29 is 4.79 Å². The normalized spacial score (nSPS) is 19.0. The number of nitrogens with zero attached hydrogens (tertiary/aromatic N) is 5. The molecule has 126 valence electrons. The largest absolute Gasteiger partial charge is 0.314 e. The van der Waals surface area contributed by atoms with Crippen LogP contribution in [0, 0.1) is 0 Å². The maximum absolute atomic E-state index is 11.8. The summed E-state index contributed by atoms with van der Waals surface area (Å²) in [4.78, 5) is 27.6. The molecule has 0 atom stereocenters. The Kier molecular flexibility index (Phi) is 3.72. The first-order valence-corrected chi connectivity index (χ1v) is 8.33. The highest BCUT2D eigenvalue weighted by Crippen LogP contribution is 2.26. The highest BCUT2D eigenvalue weighted by molar-refractivity contribution is 5.95. The number of rotatable bonds is 4. The van der Waals surface area contributed by atoms with Gasteiger partial charge in [0.1, 0.15) is 0 Å². The Balaban J connectivity index is 1.38. The van der Waals surface area contributed by atoms with Gasteiger partial charge < -0.3 is 9.47 Å². The first-order valence-electron chi connectivity index (χ1n) is 8.33. The molecule has 0 N–H and O–H groups in total. The van der Waals surface area contributed by atoms with Gasteiger partial charge in [0.05, 0.1) is 17.9 Å². The highest BCUT2D eigenvalue weighted by Gasteiger charge is 2.30. The standard InChI is InChI=1S/C17H21N5O2/c1-19-13(4-2-5-16(19)23)9-20-10-15(11-20)22-12-14(8-18-22)21-7-3-6-17(21)24/h2,4-5,8,12,15H,3,6-7,9-11H2,1H3. The summed E-state index contributed by atoms with van der Waals surface area (Å²) in [5.74, 6) is 0.190. The van der Waals surface area contributed by atoms with Gasteiger partial charge in [0, 0.05) is 57.6 Å². The van der Waals surface area contributed by atoms with Gasteiger partial charge in [-0.1, -0.05) is 6.07 Å². The summed E-state index contributed by atoms with van der Waals surface area (Å²) in [7, 11) is 1.81. The molecule has 4 rings (SSSR count). The zero-order valence-corrected chi connectivity index (χ0v) is 13.8. The number of anilines is 1. The first kappa shape index (κ1) is 15.1. The second-order valence-corrected chi connectivity index (χ2v) is 6.59. The van der Waals surface area contributed by atoms with E-state index in [9.17, 15) is 9.59 Å². The molecule has 2 aliphatic heterocycles. The van der Waals surface area contributed by atoms with Crippen LogP contribution in [0.5, 0.6) is 0 Å². The quantitative estimate of drug-likeness (QED) is 0.832. The van der Waals surface area contributed by atoms with Gasteiger partial charge in [-0.3, -0.25) is 19.2 Å². The van der Waals surface area contributed by atoms with E-state index in [4.69, 9.17) is 0 Å². The first-order chi connectivity index (χ1) is 11.6. The SMILES string of the molecule is Cn1c(CN2CC(n3cc(N4CCCC4=O)cn3)C2)cccc1=O. The third kappa shape index (κ3) is 2.65. The number of carbonyl (C=O) groups is 1.